The van der Waals surface area contributed by atoms with Gasteiger partial charge in [-0.15, -0.1) is 0 Å². The van der Waals surface area contributed by atoms with Crippen LogP contribution in [0.2, 0.25) is 0 Å². The topological polar surface area (TPSA) is 62.4 Å². The second-order valence-electron chi connectivity index (χ2n) is 3.80. The van der Waals surface area contributed by atoms with E-state index in [1.807, 2.05) is 0 Å². The van der Waals surface area contributed by atoms with E-state index in [0.717, 1.165) is 0 Å². The number of carbonyl (C=O) groups is 1. The Morgan fingerprint density at radius 1 is 1.65 bits per heavy atom. The monoisotopic (exact) mass is 300 g/mol. The standard InChI is InChI=1S/C11H13BrN2O3/c12-5-8-7-17-4-3-14(8)11(16)9-6-13-2-1-10(9)15/h1-2,6,8H,3-5,7H2,(H,13,15). The fourth-order valence-electron chi connectivity index (χ4n) is 1.79. The number of halogens is 1. The van der Waals surface area contributed by atoms with Crippen LogP contribution in [0.4, 0.5) is 0 Å². The molecule has 1 N–H and O–H groups in total. The van der Waals surface area contributed by atoms with Gasteiger partial charge < -0.3 is 14.6 Å². The fourth-order valence-corrected chi connectivity index (χ4v) is 2.32. The fraction of sp³-hybridized carbons (Fsp3) is 0.455. The molecule has 5 nitrogen and oxygen atoms in total. The maximum atomic E-state index is 12.2. The molecule has 1 saturated heterocycles. The highest BCUT2D eigenvalue weighted by molar-refractivity contribution is 9.09. The van der Waals surface area contributed by atoms with Gasteiger partial charge in [0.2, 0.25) is 0 Å². The highest BCUT2D eigenvalue weighted by atomic mass is 79.9. The van der Waals surface area contributed by atoms with Gasteiger partial charge in [-0.1, -0.05) is 15.9 Å². The number of morpholine rings is 1. The first-order valence-corrected chi connectivity index (χ1v) is 6.48. The lowest BCUT2D eigenvalue weighted by molar-refractivity contribution is 0.00515. The van der Waals surface area contributed by atoms with Crippen LogP contribution in [0.15, 0.2) is 23.3 Å². The predicted octanol–water partition coefficient (Wildman–Crippen LogP) is 0.611. The molecule has 92 valence electrons. The Balaban J connectivity index is 2.24. The number of nitrogens with one attached hydrogen (secondary N) is 1. The highest BCUT2D eigenvalue weighted by Gasteiger charge is 2.28. The first-order chi connectivity index (χ1) is 8.24. The van der Waals surface area contributed by atoms with Crippen LogP contribution in [0.25, 0.3) is 0 Å². The normalized spacial score (nSPS) is 20.3. The molecule has 1 atom stereocenters. The van der Waals surface area contributed by atoms with Crippen LogP contribution in [0, 0.1) is 0 Å². The second kappa shape index (κ2) is 5.46. The van der Waals surface area contributed by atoms with E-state index in [0.29, 0.717) is 25.1 Å². The zero-order valence-corrected chi connectivity index (χ0v) is 10.8. The Labute approximate surface area is 107 Å². The number of alkyl halides is 1. The molecule has 17 heavy (non-hydrogen) atoms. The van der Waals surface area contributed by atoms with Crippen LogP contribution in [-0.4, -0.2) is 46.9 Å². The van der Waals surface area contributed by atoms with Crippen molar-refractivity contribution in [1.29, 1.82) is 0 Å². The molecule has 0 spiro atoms. The third kappa shape index (κ3) is 2.58. The average Bonchev–Trinajstić information content (AvgIpc) is 2.38. The van der Waals surface area contributed by atoms with Gasteiger partial charge in [0.25, 0.3) is 5.91 Å². The van der Waals surface area contributed by atoms with E-state index in [2.05, 4.69) is 20.9 Å². The van der Waals surface area contributed by atoms with E-state index in [9.17, 15) is 9.59 Å². The number of nitrogens with zero attached hydrogens (tertiary/aromatic N) is 1. The predicted molar refractivity (Wildman–Crippen MR) is 66.5 cm³/mol. The zero-order chi connectivity index (χ0) is 12.3. The van der Waals surface area contributed by atoms with Crippen molar-refractivity contribution < 1.29 is 9.53 Å². The summed E-state index contributed by atoms with van der Waals surface area (Å²) in [6.45, 7) is 1.53. The van der Waals surface area contributed by atoms with E-state index in [-0.39, 0.29) is 22.9 Å². The number of aromatic nitrogens is 1. The van der Waals surface area contributed by atoms with Crippen molar-refractivity contribution in [2.24, 2.45) is 0 Å². The molecule has 0 aromatic carbocycles. The summed E-state index contributed by atoms with van der Waals surface area (Å²) in [6.07, 6.45) is 2.96. The van der Waals surface area contributed by atoms with Crippen molar-refractivity contribution in [2.75, 3.05) is 25.1 Å². The van der Waals surface area contributed by atoms with Crippen LogP contribution in [-0.2, 0) is 4.74 Å². The zero-order valence-electron chi connectivity index (χ0n) is 9.19. The van der Waals surface area contributed by atoms with Crippen molar-refractivity contribution >= 4 is 21.8 Å². The lowest BCUT2D eigenvalue weighted by atomic mass is 10.2. The molecule has 1 unspecified atom stereocenters. The molecule has 1 aliphatic rings. The van der Waals surface area contributed by atoms with E-state index in [4.69, 9.17) is 4.74 Å². The minimum Gasteiger partial charge on any atom is -0.377 e. The van der Waals surface area contributed by atoms with Crippen LogP contribution in [0.1, 0.15) is 10.4 Å². The lowest BCUT2D eigenvalue weighted by Crippen LogP contribution is -2.50. The minimum atomic E-state index is -0.256. The summed E-state index contributed by atoms with van der Waals surface area (Å²) in [6, 6.07) is 1.34. The van der Waals surface area contributed by atoms with Crippen LogP contribution >= 0.6 is 15.9 Å². The van der Waals surface area contributed by atoms with Crippen LogP contribution in [0.3, 0.4) is 0 Å². The molecule has 6 heteroatoms. The second-order valence-corrected chi connectivity index (χ2v) is 4.45. The molecule has 1 aliphatic heterocycles. The summed E-state index contributed by atoms with van der Waals surface area (Å²) in [5.74, 6) is -0.236. The molecule has 1 fully saturated rings. The summed E-state index contributed by atoms with van der Waals surface area (Å²) in [7, 11) is 0. The number of ether oxygens (including phenoxy) is 1. The van der Waals surface area contributed by atoms with Crippen molar-refractivity contribution in [3.8, 4) is 0 Å². The van der Waals surface area contributed by atoms with E-state index in [1.165, 1.54) is 18.5 Å². The van der Waals surface area contributed by atoms with Crippen molar-refractivity contribution in [3.63, 3.8) is 0 Å². The maximum absolute atomic E-state index is 12.2. The Morgan fingerprint density at radius 2 is 2.47 bits per heavy atom. The molecule has 2 rings (SSSR count). The van der Waals surface area contributed by atoms with Gasteiger partial charge in [-0.3, -0.25) is 9.59 Å². The first kappa shape index (κ1) is 12.3. The van der Waals surface area contributed by atoms with Gasteiger partial charge >= 0.3 is 0 Å². The van der Waals surface area contributed by atoms with Crippen LogP contribution < -0.4 is 5.43 Å². The smallest absolute Gasteiger partial charge is 0.259 e. The van der Waals surface area contributed by atoms with Crippen molar-refractivity contribution in [2.45, 2.75) is 6.04 Å². The van der Waals surface area contributed by atoms with Crippen molar-refractivity contribution in [1.82, 2.24) is 9.88 Å². The number of rotatable bonds is 2. The van der Waals surface area contributed by atoms with Gasteiger partial charge in [0.15, 0.2) is 5.43 Å². The quantitative estimate of drug-likeness (QED) is 0.814. The highest BCUT2D eigenvalue weighted by Crippen LogP contribution is 2.12. The number of aromatic amines is 1. The summed E-state index contributed by atoms with van der Waals surface area (Å²) in [5.41, 5.74) is -0.0751. The Kier molecular flexibility index (Phi) is 3.96. The molecule has 0 saturated carbocycles. The van der Waals surface area contributed by atoms with E-state index in [1.54, 1.807) is 4.90 Å². The number of hydrogen-bond donors (Lipinski definition) is 1. The van der Waals surface area contributed by atoms with Gasteiger partial charge in [0.1, 0.15) is 5.56 Å². The molecule has 2 heterocycles. The molecular weight excluding hydrogens is 288 g/mol. The Hall–Kier alpha value is -1.14. The number of H-pyrrole nitrogens is 1. The lowest BCUT2D eigenvalue weighted by Gasteiger charge is -2.34. The Morgan fingerprint density at radius 3 is 3.18 bits per heavy atom. The van der Waals surface area contributed by atoms with E-state index < -0.39 is 0 Å². The van der Waals surface area contributed by atoms with Crippen molar-refractivity contribution in [3.05, 3.63) is 34.2 Å². The molecule has 0 radical (unpaired) electrons. The van der Waals surface area contributed by atoms with Gasteiger partial charge in [-0.05, 0) is 0 Å². The third-order valence-corrected chi connectivity index (χ3v) is 3.47. The number of pyridine rings is 1. The molecule has 1 aromatic heterocycles. The minimum absolute atomic E-state index is 0.0177. The van der Waals surface area contributed by atoms with Gasteiger partial charge in [-0.25, -0.2) is 0 Å². The molecule has 0 aliphatic carbocycles. The summed E-state index contributed by atoms with van der Waals surface area (Å²) in [4.78, 5) is 28.3. The Bertz CT molecular complexity index is 460. The summed E-state index contributed by atoms with van der Waals surface area (Å²) < 4.78 is 5.31. The van der Waals surface area contributed by atoms with E-state index >= 15 is 0 Å². The summed E-state index contributed by atoms with van der Waals surface area (Å²) >= 11 is 3.35. The van der Waals surface area contributed by atoms with Gasteiger partial charge in [0, 0.05) is 30.3 Å². The molecule has 0 bridgehead atoms. The average molecular weight is 301 g/mol. The van der Waals surface area contributed by atoms with Gasteiger partial charge in [0.05, 0.1) is 19.3 Å². The van der Waals surface area contributed by atoms with Crippen LogP contribution in [0.5, 0.6) is 0 Å². The number of amides is 1. The number of hydrogen-bond acceptors (Lipinski definition) is 3. The maximum Gasteiger partial charge on any atom is 0.259 e. The van der Waals surface area contributed by atoms with Gasteiger partial charge in [-0.2, -0.15) is 0 Å². The third-order valence-electron chi connectivity index (χ3n) is 2.72. The molecule has 1 aromatic rings. The summed E-state index contributed by atoms with van der Waals surface area (Å²) in [5, 5.41) is 0.642. The molecule has 1 amide bonds. The largest absolute Gasteiger partial charge is 0.377 e. The first-order valence-electron chi connectivity index (χ1n) is 5.36. The number of carbonyl (C=O) groups excluding carboxylic acids is 1. The SMILES string of the molecule is O=C(c1c[nH]ccc1=O)N1CCOCC1CBr. The molecular formula is C11H13BrN2O3.